The first-order chi connectivity index (χ1) is 8.93. The summed E-state index contributed by atoms with van der Waals surface area (Å²) in [6.07, 6.45) is -4.37. The second kappa shape index (κ2) is 3.91. The van der Waals surface area contributed by atoms with Gasteiger partial charge in [-0.3, -0.25) is 0 Å². The molecule has 0 radical (unpaired) electrons. The molecule has 0 aliphatic carbocycles. The molecule has 19 heavy (non-hydrogen) atoms. The van der Waals surface area contributed by atoms with Gasteiger partial charge in [-0.15, -0.1) is 0 Å². The van der Waals surface area contributed by atoms with Crippen LogP contribution in [0.5, 0.6) is 11.5 Å². The highest BCUT2D eigenvalue weighted by Gasteiger charge is 2.32. The van der Waals surface area contributed by atoms with Gasteiger partial charge in [-0.1, -0.05) is 6.07 Å². The monoisotopic (exact) mass is 265 g/mol. The summed E-state index contributed by atoms with van der Waals surface area (Å²) >= 11 is 0. The van der Waals surface area contributed by atoms with E-state index in [0.29, 0.717) is 11.4 Å². The van der Waals surface area contributed by atoms with E-state index in [0.717, 1.165) is 23.4 Å². The number of hydrogen-bond donors (Lipinski definition) is 1. The number of ether oxygens (including phenoxy) is 1. The molecule has 0 spiro atoms. The lowest BCUT2D eigenvalue weighted by Crippen LogP contribution is -2.08. The molecule has 0 unspecified atom stereocenters. The molecule has 1 aliphatic heterocycles. The fourth-order valence-electron chi connectivity index (χ4n) is 1.98. The molecular formula is C14H10F3NO. The van der Waals surface area contributed by atoms with E-state index in [9.17, 15) is 13.2 Å². The van der Waals surface area contributed by atoms with Gasteiger partial charge in [-0.05, 0) is 42.8 Å². The number of alkyl halides is 3. The number of halogens is 3. The van der Waals surface area contributed by atoms with Crippen molar-refractivity contribution >= 4 is 11.4 Å². The Hall–Kier alpha value is -2.17. The molecule has 5 heteroatoms. The smallest absolute Gasteiger partial charge is 0.416 e. The molecule has 98 valence electrons. The highest BCUT2D eigenvalue weighted by Crippen LogP contribution is 2.44. The first-order valence-electron chi connectivity index (χ1n) is 5.70. The van der Waals surface area contributed by atoms with E-state index in [2.05, 4.69) is 5.32 Å². The SMILES string of the molecule is Cc1ccc2c(c1)Nc1ccc(C(F)(F)F)cc1O2. The third kappa shape index (κ3) is 2.12. The summed E-state index contributed by atoms with van der Waals surface area (Å²) in [7, 11) is 0. The molecular weight excluding hydrogens is 255 g/mol. The van der Waals surface area contributed by atoms with Crippen LogP contribution in [0, 0.1) is 6.92 Å². The van der Waals surface area contributed by atoms with E-state index >= 15 is 0 Å². The van der Waals surface area contributed by atoms with Crippen LogP contribution in [-0.2, 0) is 6.18 Å². The number of hydrogen-bond acceptors (Lipinski definition) is 2. The van der Waals surface area contributed by atoms with Gasteiger partial charge in [0.2, 0.25) is 0 Å². The van der Waals surface area contributed by atoms with Crippen molar-refractivity contribution in [3.05, 3.63) is 47.5 Å². The zero-order chi connectivity index (χ0) is 13.6. The molecule has 0 bridgehead atoms. The quantitative estimate of drug-likeness (QED) is 0.626. The topological polar surface area (TPSA) is 21.3 Å². The lowest BCUT2D eigenvalue weighted by atomic mass is 10.1. The predicted molar refractivity (Wildman–Crippen MR) is 66.0 cm³/mol. The summed E-state index contributed by atoms with van der Waals surface area (Å²) in [4.78, 5) is 0. The highest BCUT2D eigenvalue weighted by atomic mass is 19.4. The first-order valence-corrected chi connectivity index (χ1v) is 5.70. The zero-order valence-corrected chi connectivity index (χ0v) is 10.0. The minimum absolute atomic E-state index is 0.186. The maximum atomic E-state index is 12.6. The molecule has 0 atom stereocenters. The van der Waals surface area contributed by atoms with E-state index in [-0.39, 0.29) is 5.75 Å². The third-order valence-corrected chi connectivity index (χ3v) is 2.93. The van der Waals surface area contributed by atoms with Crippen LogP contribution >= 0.6 is 0 Å². The van der Waals surface area contributed by atoms with Gasteiger partial charge in [0.15, 0.2) is 11.5 Å². The minimum Gasteiger partial charge on any atom is -0.453 e. The van der Waals surface area contributed by atoms with Crippen LogP contribution in [0.3, 0.4) is 0 Å². The van der Waals surface area contributed by atoms with Crippen LogP contribution in [-0.4, -0.2) is 0 Å². The second-order valence-corrected chi connectivity index (χ2v) is 4.44. The molecule has 1 heterocycles. The Morgan fingerprint density at radius 2 is 1.74 bits per heavy atom. The van der Waals surface area contributed by atoms with Gasteiger partial charge < -0.3 is 10.1 Å². The largest absolute Gasteiger partial charge is 0.453 e. The van der Waals surface area contributed by atoms with Gasteiger partial charge in [-0.25, -0.2) is 0 Å². The Labute approximate surface area is 107 Å². The van der Waals surface area contributed by atoms with Crippen molar-refractivity contribution in [1.29, 1.82) is 0 Å². The highest BCUT2D eigenvalue weighted by molar-refractivity contribution is 5.76. The van der Waals surface area contributed by atoms with E-state index in [4.69, 9.17) is 4.74 Å². The molecule has 0 saturated heterocycles. The van der Waals surface area contributed by atoms with Crippen LogP contribution in [0.2, 0.25) is 0 Å². The predicted octanol–water partition coefficient (Wildman–Crippen LogP) is 4.86. The zero-order valence-electron chi connectivity index (χ0n) is 10.0. The second-order valence-electron chi connectivity index (χ2n) is 4.44. The Kier molecular flexibility index (Phi) is 2.45. The summed E-state index contributed by atoms with van der Waals surface area (Å²) in [6.45, 7) is 1.93. The van der Waals surface area contributed by atoms with Crippen molar-refractivity contribution in [2.75, 3.05) is 5.32 Å². The molecule has 3 rings (SSSR count). The maximum absolute atomic E-state index is 12.6. The molecule has 2 aromatic carbocycles. The van der Waals surface area contributed by atoms with Gasteiger partial charge in [0.05, 0.1) is 16.9 Å². The summed E-state index contributed by atoms with van der Waals surface area (Å²) in [6, 6.07) is 8.89. The Balaban J connectivity index is 2.03. The number of aryl methyl sites for hydroxylation is 1. The number of nitrogens with one attached hydrogen (secondary N) is 1. The summed E-state index contributed by atoms with van der Waals surface area (Å²) in [5.74, 6) is 0.712. The van der Waals surface area contributed by atoms with Crippen LogP contribution in [0.4, 0.5) is 24.5 Å². The van der Waals surface area contributed by atoms with Crippen molar-refractivity contribution in [2.24, 2.45) is 0 Å². The van der Waals surface area contributed by atoms with Gasteiger partial charge in [0.1, 0.15) is 0 Å². The molecule has 0 fully saturated rings. The summed E-state index contributed by atoms with van der Waals surface area (Å²) in [5, 5.41) is 3.07. The Bertz CT molecular complexity index is 650. The maximum Gasteiger partial charge on any atom is 0.416 e. The minimum atomic E-state index is -4.37. The van der Waals surface area contributed by atoms with Gasteiger partial charge >= 0.3 is 6.18 Å². The molecule has 0 aromatic heterocycles. The average Bonchev–Trinajstić information content (AvgIpc) is 2.34. The molecule has 1 N–H and O–H groups in total. The fourth-order valence-corrected chi connectivity index (χ4v) is 1.98. The van der Waals surface area contributed by atoms with E-state index in [1.54, 1.807) is 6.07 Å². The van der Waals surface area contributed by atoms with Crippen molar-refractivity contribution in [3.8, 4) is 11.5 Å². The number of fused-ring (bicyclic) bond motifs is 2. The Morgan fingerprint density at radius 1 is 0.947 bits per heavy atom. The van der Waals surface area contributed by atoms with E-state index in [1.807, 2.05) is 19.1 Å². The number of benzene rings is 2. The van der Waals surface area contributed by atoms with Crippen molar-refractivity contribution in [2.45, 2.75) is 13.1 Å². The van der Waals surface area contributed by atoms with Crippen LogP contribution in [0.25, 0.3) is 0 Å². The Morgan fingerprint density at radius 3 is 2.47 bits per heavy atom. The van der Waals surface area contributed by atoms with Crippen LogP contribution in [0.1, 0.15) is 11.1 Å². The normalized spacial score (nSPS) is 13.1. The molecule has 0 amide bonds. The molecule has 2 nitrogen and oxygen atoms in total. The number of rotatable bonds is 0. The molecule has 1 aliphatic rings. The van der Waals surface area contributed by atoms with E-state index in [1.165, 1.54) is 6.07 Å². The van der Waals surface area contributed by atoms with Crippen molar-refractivity contribution in [1.82, 2.24) is 0 Å². The van der Waals surface area contributed by atoms with Gasteiger partial charge in [-0.2, -0.15) is 13.2 Å². The van der Waals surface area contributed by atoms with Gasteiger partial charge in [0.25, 0.3) is 0 Å². The van der Waals surface area contributed by atoms with E-state index < -0.39 is 11.7 Å². The molecule has 0 saturated carbocycles. The lowest BCUT2D eigenvalue weighted by molar-refractivity contribution is -0.137. The lowest BCUT2D eigenvalue weighted by Gasteiger charge is -2.23. The van der Waals surface area contributed by atoms with Crippen molar-refractivity contribution < 1.29 is 17.9 Å². The average molecular weight is 265 g/mol. The fraction of sp³-hybridized carbons (Fsp3) is 0.143. The first kappa shape index (κ1) is 11.9. The van der Waals surface area contributed by atoms with Crippen LogP contribution in [0.15, 0.2) is 36.4 Å². The summed E-state index contributed by atoms with van der Waals surface area (Å²) < 4.78 is 43.4. The third-order valence-electron chi connectivity index (χ3n) is 2.93. The number of anilines is 2. The van der Waals surface area contributed by atoms with Gasteiger partial charge in [0, 0.05) is 0 Å². The van der Waals surface area contributed by atoms with Crippen molar-refractivity contribution in [3.63, 3.8) is 0 Å². The summed E-state index contributed by atoms with van der Waals surface area (Å²) in [5.41, 5.74) is 1.62. The molecule has 2 aromatic rings. The standard InChI is InChI=1S/C14H10F3NO/c1-8-2-5-12-11(6-8)18-10-4-3-9(14(15,16)17)7-13(10)19-12/h2-7,18H,1H3. The van der Waals surface area contributed by atoms with Crippen LogP contribution < -0.4 is 10.1 Å².